The summed E-state index contributed by atoms with van der Waals surface area (Å²) in [5.41, 5.74) is -0.750. The Hall–Kier alpha value is 1.56. The maximum Gasteiger partial charge on any atom is 1.00 e. The van der Waals surface area contributed by atoms with Crippen molar-refractivity contribution in [2.45, 2.75) is 52.2 Å². The van der Waals surface area contributed by atoms with Crippen LogP contribution in [0.4, 0.5) is 0 Å². The molecule has 0 aromatic heterocycles. The van der Waals surface area contributed by atoms with Gasteiger partial charge in [0.25, 0.3) is 0 Å². The Morgan fingerprint density at radius 1 is 1.33 bits per heavy atom. The van der Waals surface area contributed by atoms with Gasteiger partial charge in [0.2, 0.25) is 0 Å². The standard InChI is InChI=1S/C5H10O.C4H9O.K/c1-5-3-2-4-6-5;1-4(2,3)5;/h5H,2-4H2,1H3;1-3H3;/q;-1;+1. The van der Waals surface area contributed by atoms with Crippen LogP contribution in [0.5, 0.6) is 0 Å². The molecule has 0 N–H and O–H groups in total. The van der Waals surface area contributed by atoms with E-state index < -0.39 is 5.60 Å². The minimum atomic E-state index is -0.750. The molecule has 1 heterocycles. The second kappa shape index (κ2) is 7.91. The van der Waals surface area contributed by atoms with E-state index in [1.54, 1.807) is 20.8 Å². The Kier molecular flexibility index (Phi) is 10.6. The van der Waals surface area contributed by atoms with Gasteiger partial charge < -0.3 is 9.84 Å². The number of hydrogen-bond acceptors (Lipinski definition) is 2. The van der Waals surface area contributed by atoms with Crippen molar-refractivity contribution in [3.05, 3.63) is 0 Å². The summed E-state index contributed by atoms with van der Waals surface area (Å²) in [7, 11) is 0. The van der Waals surface area contributed by atoms with Crippen molar-refractivity contribution in [2.24, 2.45) is 0 Å². The van der Waals surface area contributed by atoms with Gasteiger partial charge in [0.1, 0.15) is 0 Å². The summed E-state index contributed by atoms with van der Waals surface area (Å²) < 4.78 is 5.15. The monoisotopic (exact) mass is 198 g/mol. The predicted molar refractivity (Wildman–Crippen MR) is 44.4 cm³/mol. The van der Waals surface area contributed by atoms with Crippen LogP contribution >= 0.6 is 0 Å². The number of ether oxygens (including phenoxy) is 1. The second-order valence-corrected chi connectivity index (χ2v) is 3.94. The van der Waals surface area contributed by atoms with Crippen LogP contribution < -0.4 is 56.5 Å². The van der Waals surface area contributed by atoms with Crippen LogP contribution in [0.3, 0.4) is 0 Å². The fourth-order valence-electron chi connectivity index (χ4n) is 0.739. The first-order valence-corrected chi connectivity index (χ1v) is 4.21. The summed E-state index contributed by atoms with van der Waals surface area (Å²) in [5, 5.41) is 10.1. The van der Waals surface area contributed by atoms with Crippen LogP contribution in [0, 0.1) is 0 Å². The van der Waals surface area contributed by atoms with Crippen molar-refractivity contribution in [2.75, 3.05) is 6.61 Å². The van der Waals surface area contributed by atoms with Crippen LogP contribution in [0.15, 0.2) is 0 Å². The largest absolute Gasteiger partial charge is 1.00 e. The molecule has 1 rings (SSSR count). The first-order valence-electron chi connectivity index (χ1n) is 4.21. The molecule has 1 unspecified atom stereocenters. The van der Waals surface area contributed by atoms with Crippen molar-refractivity contribution in [3.63, 3.8) is 0 Å². The van der Waals surface area contributed by atoms with Crippen LogP contribution in [0.2, 0.25) is 0 Å². The van der Waals surface area contributed by atoms with Crippen molar-refractivity contribution < 1.29 is 61.2 Å². The van der Waals surface area contributed by atoms with Crippen molar-refractivity contribution >= 4 is 0 Å². The molecule has 12 heavy (non-hydrogen) atoms. The van der Waals surface area contributed by atoms with Crippen LogP contribution in [0.1, 0.15) is 40.5 Å². The van der Waals surface area contributed by atoms with E-state index in [1.807, 2.05) is 0 Å². The van der Waals surface area contributed by atoms with E-state index in [1.165, 1.54) is 12.8 Å². The summed E-state index contributed by atoms with van der Waals surface area (Å²) in [5.74, 6) is 0. The molecule has 0 bridgehead atoms. The quantitative estimate of drug-likeness (QED) is 0.436. The zero-order chi connectivity index (χ0) is 8.91. The summed E-state index contributed by atoms with van der Waals surface area (Å²) in [4.78, 5) is 0. The van der Waals surface area contributed by atoms with Gasteiger partial charge in [0, 0.05) is 6.61 Å². The first kappa shape index (κ1) is 16.0. The third-order valence-electron chi connectivity index (χ3n) is 1.16. The molecular formula is C9H19KO2. The van der Waals surface area contributed by atoms with E-state index in [0.29, 0.717) is 6.10 Å². The number of rotatable bonds is 0. The Bertz CT molecular complexity index is 87.2. The van der Waals surface area contributed by atoms with Gasteiger partial charge in [-0.15, -0.1) is 5.60 Å². The summed E-state index contributed by atoms with van der Waals surface area (Å²) >= 11 is 0. The van der Waals surface area contributed by atoms with E-state index in [-0.39, 0.29) is 51.4 Å². The molecule has 0 spiro atoms. The fourth-order valence-corrected chi connectivity index (χ4v) is 0.739. The Morgan fingerprint density at radius 2 is 1.75 bits per heavy atom. The molecule has 1 fully saturated rings. The van der Waals surface area contributed by atoms with Crippen molar-refractivity contribution in [1.29, 1.82) is 0 Å². The summed E-state index contributed by atoms with van der Waals surface area (Å²) in [6, 6.07) is 0. The molecule has 1 aliphatic heterocycles. The average molecular weight is 198 g/mol. The van der Waals surface area contributed by atoms with Gasteiger partial charge in [-0.1, -0.05) is 20.8 Å². The molecular weight excluding hydrogens is 179 g/mol. The van der Waals surface area contributed by atoms with E-state index >= 15 is 0 Å². The van der Waals surface area contributed by atoms with E-state index in [0.717, 1.165) is 6.61 Å². The summed E-state index contributed by atoms with van der Waals surface area (Å²) in [6.45, 7) is 8.00. The predicted octanol–water partition coefficient (Wildman–Crippen LogP) is -1.67. The molecule has 0 saturated carbocycles. The van der Waals surface area contributed by atoms with Gasteiger partial charge in [-0.25, -0.2) is 0 Å². The van der Waals surface area contributed by atoms with Crippen LogP contribution in [0.25, 0.3) is 0 Å². The zero-order valence-corrected chi connectivity index (χ0v) is 12.1. The molecule has 0 radical (unpaired) electrons. The Balaban J connectivity index is 0. The van der Waals surface area contributed by atoms with Gasteiger partial charge in [0.15, 0.2) is 0 Å². The third-order valence-corrected chi connectivity index (χ3v) is 1.16. The van der Waals surface area contributed by atoms with Gasteiger partial charge in [-0.05, 0) is 19.8 Å². The molecule has 3 heteroatoms. The number of hydrogen-bond donors (Lipinski definition) is 0. The Labute approximate surface area is 118 Å². The van der Waals surface area contributed by atoms with E-state index in [4.69, 9.17) is 4.74 Å². The summed E-state index contributed by atoms with van der Waals surface area (Å²) in [6.07, 6.45) is 3.08. The molecule has 0 aromatic rings. The molecule has 68 valence electrons. The molecule has 1 atom stereocenters. The van der Waals surface area contributed by atoms with Crippen LogP contribution in [-0.2, 0) is 4.74 Å². The maximum atomic E-state index is 10.1. The smallest absolute Gasteiger partial charge is 0.850 e. The Morgan fingerprint density at radius 3 is 1.83 bits per heavy atom. The van der Waals surface area contributed by atoms with E-state index in [2.05, 4.69) is 6.92 Å². The molecule has 1 saturated heterocycles. The van der Waals surface area contributed by atoms with Crippen LogP contribution in [-0.4, -0.2) is 18.3 Å². The van der Waals surface area contributed by atoms with Gasteiger partial charge >= 0.3 is 51.4 Å². The molecule has 1 aliphatic rings. The SMILES string of the molecule is CC(C)(C)[O-].CC1CCCO1.[K+]. The fraction of sp³-hybridized carbons (Fsp3) is 1.00. The molecule has 0 aromatic carbocycles. The molecule has 2 nitrogen and oxygen atoms in total. The third kappa shape index (κ3) is 17.6. The van der Waals surface area contributed by atoms with Crippen molar-refractivity contribution in [1.82, 2.24) is 0 Å². The van der Waals surface area contributed by atoms with Crippen molar-refractivity contribution in [3.8, 4) is 0 Å². The normalized spacial score (nSPS) is 22.2. The van der Waals surface area contributed by atoms with Gasteiger partial charge in [-0.2, -0.15) is 0 Å². The minimum absolute atomic E-state index is 0. The molecule has 0 aliphatic carbocycles. The zero-order valence-electron chi connectivity index (χ0n) is 9.02. The maximum absolute atomic E-state index is 10.1. The molecule has 0 amide bonds. The van der Waals surface area contributed by atoms with E-state index in [9.17, 15) is 5.11 Å². The van der Waals surface area contributed by atoms with Gasteiger partial charge in [-0.3, -0.25) is 0 Å². The average Bonchev–Trinajstić information content (AvgIpc) is 2.12. The minimum Gasteiger partial charge on any atom is -0.850 e. The first-order chi connectivity index (χ1) is 4.89. The topological polar surface area (TPSA) is 32.3 Å². The second-order valence-electron chi connectivity index (χ2n) is 3.94. The van der Waals surface area contributed by atoms with Gasteiger partial charge in [0.05, 0.1) is 6.10 Å².